The second-order valence-corrected chi connectivity index (χ2v) is 9.72. The van der Waals surface area contributed by atoms with E-state index in [1.807, 2.05) is 24.1 Å². The van der Waals surface area contributed by atoms with Crippen LogP contribution < -0.4 is 15.0 Å². The van der Waals surface area contributed by atoms with E-state index in [0.29, 0.717) is 29.7 Å². The quantitative estimate of drug-likeness (QED) is 0.542. The number of piperazine rings is 1. The Bertz CT molecular complexity index is 1180. The van der Waals surface area contributed by atoms with Crippen LogP contribution in [0.15, 0.2) is 36.8 Å². The van der Waals surface area contributed by atoms with Gasteiger partial charge in [-0.3, -0.25) is 4.79 Å². The van der Waals surface area contributed by atoms with Gasteiger partial charge < -0.3 is 19.9 Å². The first-order valence-electron chi connectivity index (χ1n) is 11.4. The number of alkyl halides is 2. The fraction of sp³-hybridized carbons (Fsp3) is 0.435. The number of anilines is 3. The third kappa shape index (κ3) is 5.64. The van der Waals surface area contributed by atoms with E-state index >= 15 is 0 Å². The topological polar surface area (TPSA) is 96.4 Å². The van der Waals surface area contributed by atoms with Gasteiger partial charge in [0.2, 0.25) is 11.8 Å². The van der Waals surface area contributed by atoms with E-state index in [1.54, 1.807) is 29.6 Å². The summed E-state index contributed by atoms with van der Waals surface area (Å²) in [4.78, 5) is 33.9. The van der Waals surface area contributed by atoms with E-state index in [1.165, 1.54) is 11.3 Å². The molecule has 12 heteroatoms. The largest absolute Gasteiger partial charge is 0.460 e. The van der Waals surface area contributed by atoms with Gasteiger partial charge in [0.1, 0.15) is 11.9 Å². The van der Waals surface area contributed by atoms with Crippen LogP contribution in [-0.4, -0.2) is 69.5 Å². The number of nitrogens with one attached hydrogen (secondary N) is 1. The van der Waals surface area contributed by atoms with E-state index < -0.39 is 5.92 Å². The number of carbonyl (C=O) groups excluding carboxylic acids is 1. The zero-order valence-corrected chi connectivity index (χ0v) is 20.0. The molecule has 1 aliphatic carbocycles. The lowest BCUT2D eigenvalue weighted by Gasteiger charge is -2.33. The minimum Gasteiger partial charge on any atom is -0.460 e. The van der Waals surface area contributed by atoms with Gasteiger partial charge in [-0.05, 0) is 31.0 Å². The monoisotopic (exact) mass is 501 g/mol. The van der Waals surface area contributed by atoms with Crippen LogP contribution in [0.5, 0.6) is 6.01 Å². The van der Waals surface area contributed by atoms with E-state index in [-0.39, 0.29) is 43.7 Å². The molecule has 1 amide bonds. The average Bonchev–Trinajstić information content (AvgIpc) is 3.31. The fourth-order valence-corrected chi connectivity index (χ4v) is 4.79. The Labute approximate surface area is 205 Å². The highest BCUT2D eigenvalue weighted by Crippen LogP contribution is 2.35. The second kappa shape index (κ2) is 9.68. The molecule has 0 bridgehead atoms. The summed E-state index contributed by atoms with van der Waals surface area (Å²) in [6, 6.07) is 5.71. The van der Waals surface area contributed by atoms with Crippen molar-refractivity contribution >= 4 is 33.9 Å². The Morgan fingerprint density at radius 2 is 1.94 bits per heavy atom. The number of pyridine rings is 1. The summed E-state index contributed by atoms with van der Waals surface area (Å²) >= 11 is 1.40. The van der Waals surface area contributed by atoms with Gasteiger partial charge in [0.05, 0.1) is 29.0 Å². The maximum atomic E-state index is 13.4. The van der Waals surface area contributed by atoms with Gasteiger partial charge >= 0.3 is 6.01 Å². The lowest BCUT2D eigenvalue weighted by molar-refractivity contribution is -0.129. The van der Waals surface area contributed by atoms with Crippen LogP contribution >= 0.6 is 11.3 Å². The molecular weight excluding hydrogens is 476 g/mol. The molecule has 9 nitrogen and oxygen atoms in total. The van der Waals surface area contributed by atoms with Gasteiger partial charge in [-0.15, -0.1) is 0 Å². The molecular formula is C23H25F2N7O2S. The maximum absolute atomic E-state index is 13.4. The number of ether oxygens (including phenoxy) is 1. The van der Waals surface area contributed by atoms with Crippen molar-refractivity contribution < 1.29 is 18.3 Å². The van der Waals surface area contributed by atoms with Gasteiger partial charge in [-0.25, -0.2) is 23.7 Å². The predicted molar refractivity (Wildman–Crippen MR) is 128 cm³/mol. The smallest absolute Gasteiger partial charge is 0.317 e. The molecule has 2 fully saturated rings. The number of likely N-dealkylation sites (N-methyl/N-ethyl adjacent to an activating group) is 1. The van der Waals surface area contributed by atoms with Crippen molar-refractivity contribution in [3.05, 3.63) is 36.8 Å². The number of carbonyl (C=O) groups is 1. The Hall–Kier alpha value is -3.41. The molecule has 0 unspecified atom stereocenters. The molecule has 35 heavy (non-hydrogen) atoms. The van der Waals surface area contributed by atoms with Crippen LogP contribution in [0.25, 0.3) is 10.6 Å². The SMILES string of the molecule is CN1CCN(c2ccc(Nc3ncc(-c4ccnc(OC5CCC(F)(F)CC5)n4)s3)nc2)CC1=O. The number of hydrogen-bond acceptors (Lipinski definition) is 9. The molecule has 5 rings (SSSR count). The number of rotatable bonds is 6. The standard InChI is InChI=1S/C23H25F2N7O2S/c1-31-10-11-32(14-20(31)33)15-2-3-19(27-12-15)30-22-28-13-18(35-22)17-6-9-26-21(29-17)34-16-4-7-23(24,25)8-5-16/h2-3,6,9,12-13,16H,4-5,7-8,10-11,14H2,1H3,(H,27,28,30). The molecule has 184 valence electrons. The van der Waals surface area contributed by atoms with Crippen LogP contribution in [0.3, 0.4) is 0 Å². The number of halogens is 2. The molecule has 1 saturated carbocycles. The summed E-state index contributed by atoms with van der Waals surface area (Å²) in [5.41, 5.74) is 1.54. The predicted octanol–water partition coefficient (Wildman–Crippen LogP) is 3.97. The van der Waals surface area contributed by atoms with Gasteiger partial charge in [-0.1, -0.05) is 11.3 Å². The zero-order chi connectivity index (χ0) is 24.4. The number of nitrogens with zero attached hydrogens (tertiary/aromatic N) is 6. The molecule has 1 aliphatic heterocycles. The lowest BCUT2D eigenvalue weighted by Crippen LogP contribution is -2.48. The van der Waals surface area contributed by atoms with Crippen molar-refractivity contribution in [3.63, 3.8) is 0 Å². The molecule has 2 aliphatic rings. The van der Waals surface area contributed by atoms with Crippen molar-refractivity contribution in [1.29, 1.82) is 0 Å². The molecule has 3 aromatic rings. The van der Waals surface area contributed by atoms with Crippen LogP contribution in [0.4, 0.5) is 25.4 Å². The van der Waals surface area contributed by atoms with Crippen LogP contribution in [0.2, 0.25) is 0 Å². The van der Waals surface area contributed by atoms with Crippen molar-refractivity contribution in [2.45, 2.75) is 37.7 Å². The summed E-state index contributed by atoms with van der Waals surface area (Å²) in [5.74, 6) is -1.88. The Balaban J connectivity index is 1.20. The Morgan fingerprint density at radius 3 is 2.69 bits per heavy atom. The summed E-state index contributed by atoms with van der Waals surface area (Å²) in [6.45, 7) is 1.80. The van der Waals surface area contributed by atoms with E-state index in [9.17, 15) is 13.6 Å². The minimum atomic E-state index is -2.60. The first-order chi connectivity index (χ1) is 16.8. The molecule has 0 spiro atoms. The minimum absolute atomic E-state index is 0.0901. The highest BCUT2D eigenvalue weighted by molar-refractivity contribution is 7.18. The van der Waals surface area contributed by atoms with Crippen LogP contribution in [-0.2, 0) is 4.79 Å². The number of amides is 1. The average molecular weight is 502 g/mol. The first kappa shape index (κ1) is 23.3. The van der Waals surface area contributed by atoms with Crippen molar-refractivity contribution in [1.82, 2.24) is 24.8 Å². The third-order valence-electron chi connectivity index (χ3n) is 6.13. The van der Waals surface area contributed by atoms with E-state index in [4.69, 9.17) is 4.74 Å². The summed E-state index contributed by atoms with van der Waals surface area (Å²) in [6.07, 6.45) is 4.94. The summed E-state index contributed by atoms with van der Waals surface area (Å²) in [7, 11) is 1.81. The van der Waals surface area contributed by atoms with Crippen molar-refractivity contribution in [2.24, 2.45) is 0 Å². The highest BCUT2D eigenvalue weighted by atomic mass is 32.1. The molecule has 0 atom stereocenters. The number of thiazole rings is 1. The summed E-state index contributed by atoms with van der Waals surface area (Å²) < 4.78 is 32.5. The highest BCUT2D eigenvalue weighted by Gasteiger charge is 2.36. The lowest BCUT2D eigenvalue weighted by atomic mass is 9.94. The maximum Gasteiger partial charge on any atom is 0.317 e. The molecule has 4 heterocycles. The van der Waals surface area contributed by atoms with Crippen molar-refractivity contribution in [3.8, 4) is 16.6 Å². The molecule has 1 N–H and O–H groups in total. The molecule has 3 aromatic heterocycles. The van der Waals surface area contributed by atoms with Crippen molar-refractivity contribution in [2.75, 3.05) is 36.9 Å². The van der Waals surface area contributed by atoms with Gasteiger partial charge in [0, 0.05) is 45.4 Å². The van der Waals surface area contributed by atoms with Crippen LogP contribution in [0, 0.1) is 0 Å². The van der Waals surface area contributed by atoms with Gasteiger partial charge in [0.25, 0.3) is 0 Å². The zero-order valence-electron chi connectivity index (χ0n) is 19.2. The Kier molecular flexibility index (Phi) is 6.46. The molecule has 0 aromatic carbocycles. The molecule has 0 radical (unpaired) electrons. The fourth-order valence-electron chi connectivity index (χ4n) is 4.00. The first-order valence-corrected chi connectivity index (χ1v) is 12.2. The van der Waals surface area contributed by atoms with E-state index in [2.05, 4.69) is 25.3 Å². The van der Waals surface area contributed by atoms with Gasteiger partial charge in [-0.2, -0.15) is 4.98 Å². The number of hydrogen-bond donors (Lipinski definition) is 1. The third-order valence-corrected chi connectivity index (χ3v) is 7.07. The second-order valence-electron chi connectivity index (χ2n) is 8.69. The van der Waals surface area contributed by atoms with Gasteiger partial charge in [0.15, 0.2) is 5.13 Å². The number of aromatic nitrogens is 4. The normalized spacial score (nSPS) is 18.5. The van der Waals surface area contributed by atoms with Crippen LogP contribution in [0.1, 0.15) is 25.7 Å². The summed E-state index contributed by atoms with van der Waals surface area (Å²) in [5, 5.41) is 3.83. The Morgan fingerprint density at radius 1 is 1.11 bits per heavy atom. The van der Waals surface area contributed by atoms with E-state index in [0.717, 1.165) is 17.1 Å². The molecule has 1 saturated heterocycles.